The largest absolute Gasteiger partial charge is 0.481 e. The number of piperidine rings is 1. The third-order valence-corrected chi connectivity index (χ3v) is 3.82. The normalized spacial score (nSPS) is 22.6. The fraction of sp³-hybridized carbons (Fsp3) is 0.429. The van der Waals surface area contributed by atoms with E-state index in [-0.39, 0.29) is 29.1 Å². The maximum absolute atomic E-state index is 13.3. The smallest absolute Gasteiger partial charge is 0.308 e. The van der Waals surface area contributed by atoms with Crippen LogP contribution in [-0.2, 0) is 4.79 Å². The van der Waals surface area contributed by atoms with E-state index >= 15 is 0 Å². The van der Waals surface area contributed by atoms with Crippen LogP contribution in [0.3, 0.4) is 0 Å². The molecule has 0 radical (unpaired) electrons. The number of carbonyl (C=O) groups excluding carboxylic acids is 1. The van der Waals surface area contributed by atoms with E-state index in [1.165, 1.54) is 11.0 Å². The second-order valence-corrected chi connectivity index (χ2v) is 5.51. The highest BCUT2D eigenvalue weighted by Crippen LogP contribution is 2.25. The number of benzene rings is 1. The molecule has 20 heavy (non-hydrogen) atoms. The minimum absolute atomic E-state index is 0.0693. The van der Waals surface area contributed by atoms with Gasteiger partial charge in [0.05, 0.1) is 5.92 Å². The van der Waals surface area contributed by atoms with Crippen LogP contribution in [0.1, 0.15) is 30.1 Å². The summed E-state index contributed by atoms with van der Waals surface area (Å²) >= 11 is 5.74. The van der Waals surface area contributed by atoms with E-state index in [9.17, 15) is 14.0 Å². The first-order valence-electron chi connectivity index (χ1n) is 6.38. The zero-order valence-corrected chi connectivity index (χ0v) is 11.7. The Morgan fingerprint density at radius 2 is 2.05 bits per heavy atom. The van der Waals surface area contributed by atoms with Gasteiger partial charge in [0.15, 0.2) is 0 Å². The second-order valence-electron chi connectivity index (χ2n) is 5.08. The lowest BCUT2D eigenvalue weighted by molar-refractivity contribution is -0.143. The molecule has 1 aliphatic heterocycles. The highest BCUT2D eigenvalue weighted by molar-refractivity contribution is 6.31. The van der Waals surface area contributed by atoms with E-state index < -0.39 is 17.7 Å². The van der Waals surface area contributed by atoms with Crippen LogP contribution in [0.25, 0.3) is 0 Å². The lowest BCUT2D eigenvalue weighted by Gasteiger charge is -2.36. The molecule has 1 aromatic rings. The second kappa shape index (κ2) is 5.79. The summed E-state index contributed by atoms with van der Waals surface area (Å²) in [6, 6.07) is 3.56. The number of carboxylic acids is 1. The van der Waals surface area contributed by atoms with Crippen molar-refractivity contribution in [3.63, 3.8) is 0 Å². The summed E-state index contributed by atoms with van der Waals surface area (Å²) in [5.41, 5.74) is 0.146. The van der Waals surface area contributed by atoms with E-state index in [4.69, 9.17) is 16.7 Å². The quantitative estimate of drug-likeness (QED) is 0.913. The van der Waals surface area contributed by atoms with Crippen molar-refractivity contribution in [2.24, 2.45) is 5.92 Å². The van der Waals surface area contributed by atoms with Crippen molar-refractivity contribution in [1.82, 2.24) is 4.90 Å². The molecule has 1 N–H and O–H groups in total. The SMILES string of the molecule is C[C@@H]1CC[C@H](C(=O)O)CN1C(=O)c1cc(F)cc(Cl)c1. The molecule has 0 aliphatic carbocycles. The number of likely N-dealkylation sites (tertiary alicyclic amines) is 1. The van der Waals surface area contributed by atoms with Crippen molar-refractivity contribution >= 4 is 23.5 Å². The minimum Gasteiger partial charge on any atom is -0.481 e. The van der Waals surface area contributed by atoms with Gasteiger partial charge >= 0.3 is 5.97 Å². The van der Waals surface area contributed by atoms with Crippen molar-refractivity contribution in [3.05, 3.63) is 34.6 Å². The number of carboxylic acid groups (broad SMARTS) is 1. The molecule has 0 unspecified atom stereocenters. The number of nitrogens with zero attached hydrogens (tertiary/aromatic N) is 1. The van der Waals surface area contributed by atoms with E-state index in [1.54, 1.807) is 0 Å². The van der Waals surface area contributed by atoms with Gasteiger partial charge in [0.2, 0.25) is 0 Å². The zero-order valence-electron chi connectivity index (χ0n) is 11.0. The highest BCUT2D eigenvalue weighted by atomic mass is 35.5. The van der Waals surface area contributed by atoms with E-state index in [1.807, 2.05) is 6.92 Å². The van der Waals surface area contributed by atoms with Crippen molar-refractivity contribution in [1.29, 1.82) is 0 Å². The first kappa shape index (κ1) is 14.8. The average molecular weight is 300 g/mol. The number of carbonyl (C=O) groups is 2. The van der Waals surface area contributed by atoms with E-state index in [0.717, 1.165) is 12.1 Å². The monoisotopic (exact) mass is 299 g/mol. The molecule has 1 amide bonds. The zero-order chi connectivity index (χ0) is 14.9. The Hall–Kier alpha value is -1.62. The molecule has 1 saturated heterocycles. The maximum Gasteiger partial charge on any atom is 0.308 e. The predicted molar refractivity (Wildman–Crippen MR) is 72.3 cm³/mol. The van der Waals surface area contributed by atoms with Gasteiger partial charge in [0.25, 0.3) is 5.91 Å². The maximum atomic E-state index is 13.3. The minimum atomic E-state index is -0.910. The van der Waals surface area contributed by atoms with Gasteiger partial charge in [-0.2, -0.15) is 0 Å². The predicted octanol–water partition coefficient (Wildman–Crippen LogP) is 2.80. The van der Waals surface area contributed by atoms with Gasteiger partial charge in [-0.1, -0.05) is 11.6 Å². The third kappa shape index (κ3) is 3.10. The number of hydrogen-bond donors (Lipinski definition) is 1. The van der Waals surface area contributed by atoms with Gasteiger partial charge < -0.3 is 10.0 Å². The lowest BCUT2D eigenvalue weighted by atomic mass is 9.93. The van der Waals surface area contributed by atoms with Gasteiger partial charge in [-0.15, -0.1) is 0 Å². The van der Waals surface area contributed by atoms with Gasteiger partial charge in [-0.25, -0.2) is 4.39 Å². The first-order valence-corrected chi connectivity index (χ1v) is 6.76. The van der Waals surface area contributed by atoms with E-state index in [2.05, 4.69) is 0 Å². The number of hydrogen-bond acceptors (Lipinski definition) is 2. The average Bonchev–Trinajstić information content (AvgIpc) is 2.37. The molecule has 1 aromatic carbocycles. The Bertz CT molecular complexity index is 529. The van der Waals surface area contributed by atoms with Gasteiger partial charge in [0, 0.05) is 23.2 Å². The summed E-state index contributed by atoms with van der Waals surface area (Å²) in [5.74, 6) is -2.45. The summed E-state index contributed by atoms with van der Waals surface area (Å²) in [6.45, 7) is 2.00. The van der Waals surface area contributed by atoms with Crippen molar-refractivity contribution in [3.8, 4) is 0 Å². The van der Waals surface area contributed by atoms with Gasteiger partial charge in [0.1, 0.15) is 5.82 Å². The topological polar surface area (TPSA) is 57.6 Å². The molecule has 0 spiro atoms. The van der Waals surface area contributed by atoms with Crippen LogP contribution < -0.4 is 0 Å². The molecular formula is C14H15ClFNO3. The molecule has 2 atom stereocenters. The molecule has 6 heteroatoms. The Balaban J connectivity index is 2.24. The first-order chi connectivity index (χ1) is 9.38. The third-order valence-electron chi connectivity index (χ3n) is 3.60. The standard InChI is InChI=1S/C14H15ClFNO3/c1-8-2-3-9(14(19)20)7-17(8)13(18)10-4-11(15)6-12(16)5-10/h4-6,8-9H,2-3,7H2,1H3,(H,19,20)/t8-,9+/m1/s1. The summed E-state index contributed by atoms with van der Waals surface area (Å²) in [5, 5.41) is 9.21. The number of aliphatic carboxylic acids is 1. The summed E-state index contributed by atoms with van der Waals surface area (Å²) in [4.78, 5) is 24.9. The van der Waals surface area contributed by atoms with Crippen LogP contribution >= 0.6 is 11.6 Å². The molecular weight excluding hydrogens is 285 g/mol. The number of halogens is 2. The van der Waals surface area contributed by atoms with Crippen LogP contribution in [0, 0.1) is 11.7 Å². The van der Waals surface area contributed by atoms with E-state index in [0.29, 0.717) is 12.8 Å². The van der Waals surface area contributed by atoms with Gasteiger partial charge in [-0.3, -0.25) is 9.59 Å². The van der Waals surface area contributed by atoms with Gasteiger partial charge in [-0.05, 0) is 38.0 Å². The summed E-state index contributed by atoms with van der Waals surface area (Å²) in [6.07, 6.45) is 1.16. The highest BCUT2D eigenvalue weighted by Gasteiger charge is 2.33. The fourth-order valence-electron chi connectivity index (χ4n) is 2.43. The molecule has 0 aromatic heterocycles. The molecule has 1 aliphatic rings. The van der Waals surface area contributed by atoms with Crippen molar-refractivity contribution in [2.45, 2.75) is 25.8 Å². The van der Waals surface area contributed by atoms with Crippen LogP contribution in [0.4, 0.5) is 4.39 Å². The van der Waals surface area contributed by atoms with Crippen molar-refractivity contribution in [2.75, 3.05) is 6.54 Å². The number of amides is 1. The summed E-state index contributed by atoms with van der Waals surface area (Å²) in [7, 11) is 0. The van der Waals surface area contributed by atoms with Crippen LogP contribution in [0.2, 0.25) is 5.02 Å². The molecule has 0 saturated carbocycles. The molecule has 1 fully saturated rings. The lowest BCUT2D eigenvalue weighted by Crippen LogP contribution is -2.47. The molecule has 2 rings (SSSR count). The van der Waals surface area contributed by atoms with Crippen LogP contribution in [0.15, 0.2) is 18.2 Å². The number of rotatable bonds is 2. The summed E-state index contributed by atoms with van der Waals surface area (Å²) < 4.78 is 13.3. The van der Waals surface area contributed by atoms with Crippen LogP contribution in [-0.4, -0.2) is 34.5 Å². The molecule has 108 valence electrons. The molecule has 0 bridgehead atoms. The molecule has 4 nitrogen and oxygen atoms in total. The molecule has 1 heterocycles. The van der Waals surface area contributed by atoms with Crippen LogP contribution in [0.5, 0.6) is 0 Å². The fourth-order valence-corrected chi connectivity index (χ4v) is 2.66. The van der Waals surface area contributed by atoms with Crippen molar-refractivity contribution < 1.29 is 19.1 Å². The Labute approximate surface area is 121 Å². The Kier molecular flexibility index (Phi) is 4.28. The Morgan fingerprint density at radius 3 is 2.65 bits per heavy atom. The Morgan fingerprint density at radius 1 is 1.35 bits per heavy atom.